The SMILES string of the molecule is C=C(NC)Nc1cccnc1.CC. The van der Waals surface area contributed by atoms with Crippen molar-refractivity contribution >= 4 is 5.69 Å². The zero-order valence-corrected chi connectivity index (χ0v) is 8.46. The van der Waals surface area contributed by atoms with Crippen LogP contribution >= 0.6 is 0 Å². The molecule has 0 atom stereocenters. The Balaban J connectivity index is 0.000000671. The molecule has 0 saturated carbocycles. The molecule has 72 valence electrons. The summed E-state index contributed by atoms with van der Waals surface area (Å²) in [6, 6.07) is 3.79. The molecule has 0 aromatic carbocycles. The number of hydrogen-bond acceptors (Lipinski definition) is 3. The van der Waals surface area contributed by atoms with Crippen molar-refractivity contribution in [3.05, 3.63) is 36.9 Å². The molecule has 2 N–H and O–H groups in total. The molecule has 0 aliphatic rings. The molecular formula is C10H17N3. The van der Waals surface area contributed by atoms with Crippen LogP contribution in [0.2, 0.25) is 0 Å². The predicted molar refractivity (Wildman–Crippen MR) is 57.4 cm³/mol. The number of pyridine rings is 1. The van der Waals surface area contributed by atoms with Gasteiger partial charge in [0.1, 0.15) is 0 Å². The first-order chi connectivity index (χ1) is 6.33. The molecule has 3 heteroatoms. The standard InChI is InChI=1S/C8H11N3.C2H6/c1-7(9-2)11-8-4-3-5-10-6-8;1-2/h3-6,9,11H,1H2,2H3;1-2H3. The maximum Gasteiger partial charge on any atom is 0.0954 e. The van der Waals surface area contributed by atoms with Crippen LogP contribution in [0.5, 0.6) is 0 Å². The van der Waals surface area contributed by atoms with Gasteiger partial charge in [-0.05, 0) is 12.1 Å². The fourth-order valence-electron chi connectivity index (χ4n) is 0.673. The second kappa shape index (κ2) is 7.16. The normalized spacial score (nSPS) is 7.92. The number of aromatic nitrogens is 1. The zero-order chi connectivity index (χ0) is 10.1. The molecule has 1 aromatic rings. The van der Waals surface area contributed by atoms with E-state index in [1.54, 1.807) is 12.4 Å². The summed E-state index contributed by atoms with van der Waals surface area (Å²) >= 11 is 0. The molecule has 3 nitrogen and oxygen atoms in total. The van der Waals surface area contributed by atoms with Gasteiger partial charge >= 0.3 is 0 Å². The third-order valence-corrected chi connectivity index (χ3v) is 1.26. The van der Waals surface area contributed by atoms with Gasteiger partial charge in [-0.1, -0.05) is 20.4 Å². The first kappa shape index (κ1) is 11.5. The van der Waals surface area contributed by atoms with Crippen LogP contribution < -0.4 is 10.6 Å². The van der Waals surface area contributed by atoms with Gasteiger partial charge in [0.15, 0.2) is 0 Å². The van der Waals surface area contributed by atoms with Crippen molar-refractivity contribution in [1.82, 2.24) is 10.3 Å². The minimum Gasteiger partial charge on any atom is -0.375 e. The minimum atomic E-state index is 0.762. The minimum absolute atomic E-state index is 0.762. The lowest BCUT2D eigenvalue weighted by Gasteiger charge is -2.06. The van der Waals surface area contributed by atoms with Gasteiger partial charge < -0.3 is 10.6 Å². The summed E-state index contributed by atoms with van der Waals surface area (Å²) in [6.45, 7) is 7.72. The molecule has 0 radical (unpaired) electrons. The molecule has 0 unspecified atom stereocenters. The molecule has 1 heterocycles. The van der Waals surface area contributed by atoms with Gasteiger partial charge in [-0.3, -0.25) is 4.98 Å². The second-order valence-electron chi connectivity index (χ2n) is 2.10. The smallest absolute Gasteiger partial charge is 0.0954 e. The van der Waals surface area contributed by atoms with Gasteiger partial charge in [0, 0.05) is 13.2 Å². The van der Waals surface area contributed by atoms with Crippen molar-refractivity contribution in [1.29, 1.82) is 0 Å². The molecule has 0 aliphatic heterocycles. The van der Waals surface area contributed by atoms with Gasteiger partial charge in [0.2, 0.25) is 0 Å². The Morgan fingerprint density at radius 3 is 2.62 bits per heavy atom. The van der Waals surface area contributed by atoms with Gasteiger partial charge in [-0.25, -0.2) is 0 Å². The van der Waals surface area contributed by atoms with Crippen LogP contribution in [0, 0.1) is 0 Å². The van der Waals surface area contributed by atoms with Crippen LogP contribution in [0.15, 0.2) is 36.9 Å². The number of hydrogen-bond donors (Lipinski definition) is 2. The number of anilines is 1. The summed E-state index contributed by atoms with van der Waals surface area (Å²) in [5.41, 5.74) is 0.937. The summed E-state index contributed by atoms with van der Waals surface area (Å²) in [5.74, 6) is 0.762. The Kier molecular flexibility index (Phi) is 6.32. The quantitative estimate of drug-likeness (QED) is 0.747. The maximum atomic E-state index is 3.94. The van der Waals surface area contributed by atoms with Crippen molar-refractivity contribution in [3.63, 3.8) is 0 Å². The number of nitrogens with one attached hydrogen (secondary N) is 2. The van der Waals surface area contributed by atoms with Gasteiger partial charge in [-0.15, -0.1) is 0 Å². The number of nitrogens with zero attached hydrogens (tertiary/aromatic N) is 1. The van der Waals surface area contributed by atoms with E-state index in [1.807, 2.05) is 33.0 Å². The summed E-state index contributed by atoms with van der Waals surface area (Å²) in [6.07, 6.45) is 3.47. The third-order valence-electron chi connectivity index (χ3n) is 1.26. The topological polar surface area (TPSA) is 37.0 Å². The van der Waals surface area contributed by atoms with E-state index in [9.17, 15) is 0 Å². The van der Waals surface area contributed by atoms with Gasteiger partial charge in [0.25, 0.3) is 0 Å². The molecule has 0 fully saturated rings. The number of rotatable bonds is 3. The monoisotopic (exact) mass is 179 g/mol. The highest BCUT2D eigenvalue weighted by Gasteiger charge is 1.89. The first-order valence-corrected chi connectivity index (χ1v) is 4.36. The van der Waals surface area contributed by atoms with E-state index >= 15 is 0 Å². The summed E-state index contributed by atoms with van der Waals surface area (Å²) in [5, 5.41) is 5.90. The van der Waals surface area contributed by atoms with Crippen LogP contribution in [0.4, 0.5) is 5.69 Å². The highest BCUT2D eigenvalue weighted by atomic mass is 15.1. The molecular weight excluding hydrogens is 162 g/mol. The fraction of sp³-hybridized carbons (Fsp3) is 0.300. The van der Waals surface area contributed by atoms with Crippen LogP contribution in [-0.2, 0) is 0 Å². The lowest BCUT2D eigenvalue weighted by atomic mass is 10.4. The van der Waals surface area contributed by atoms with Crippen molar-refractivity contribution in [3.8, 4) is 0 Å². The lowest BCUT2D eigenvalue weighted by molar-refractivity contribution is 1.00. The Bertz CT molecular complexity index is 231. The third kappa shape index (κ3) is 4.85. The van der Waals surface area contributed by atoms with Crippen LogP contribution in [0.3, 0.4) is 0 Å². The molecule has 0 spiro atoms. The van der Waals surface area contributed by atoms with Crippen LogP contribution in [0.25, 0.3) is 0 Å². The fourth-order valence-corrected chi connectivity index (χ4v) is 0.673. The Morgan fingerprint density at radius 1 is 1.46 bits per heavy atom. The summed E-state index contributed by atoms with van der Waals surface area (Å²) in [4.78, 5) is 3.94. The van der Waals surface area contributed by atoms with Crippen LogP contribution in [0.1, 0.15) is 13.8 Å². The van der Waals surface area contributed by atoms with Crippen molar-refractivity contribution in [2.75, 3.05) is 12.4 Å². The Hall–Kier alpha value is -1.51. The largest absolute Gasteiger partial charge is 0.375 e. The Morgan fingerprint density at radius 2 is 2.15 bits per heavy atom. The molecule has 1 aromatic heterocycles. The van der Waals surface area contributed by atoms with E-state index in [0.717, 1.165) is 11.5 Å². The van der Waals surface area contributed by atoms with E-state index in [1.165, 1.54) is 0 Å². The molecule has 0 saturated heterocycles. The zero-order valence-electron chi connectivity index (χ0n) is 8.46. The second-order valence-corrected chi connectivity index (χ2v) is 2.10. The average Bonchev–Trinajstić information content (AvgIpc) is 2.22. The van der Waals surface area contributed by atoms with Gasteiger partial charge in [0.05, 0.1) is 17.7 Å². The molecule has 0 aliphatic carbocycles. The lowest BCUT2D eigenvalue weighted by Crippen LogP contribution is -2.12. The highest BCUT2D eigenvalue weighted by molar-refractivity contribution is 5.44. The van der Waals surface area contributed by atoms with Crippen molar-refractivity contribution in [2.45, 2.75) is 13.8 Å². The van der Waals surface area contributed by atoms with E-state index in [0.29, 0.717) is 0 Å². The van der Waals surface area contributed by atoms with E-state index in [2.05, 4.69) is 22.2 Å². The summed E-state index contributed by atoms with van der Waals surface area (Å²) in [7, 11) is 1.81. The van der Waals surface area contributed by atoms with E-state index in [4.69, 9.17) is 0 Å². The molecule has 0 bridgehead atoms. The molecule has 13 heavy (non-hydrogen) atoms. The maximum absolute atomic E-state index is 3.94. The molecule has 0 amide bonds. The van der Waals surface area contributed by atoms with Gasteiger partial charge in [-0.2, -0.15) is 0 Å². The molecule has 1 rings (SSSR count). The van der Waals surface area contributed by atoms with Crippen LogP contribution in [-0.4, -0.2) is 12.0 Å². The van der Waals surface area contributed by atoms with Crippen molar-refractivity contribution in [2.24, 2.45) is 0 Å². The van der Waals surface area contributed by atoms with Crippen molar-refractivity contribution < 1.29 is 0 Å². The Labute approximate surface area is 79.9 Å². The first-order valence-electron chi connectivity index (χ1n) is 4.36. The average molecular weight is 179 g/mol. The van der Waals surface area contributed by atoms with E-state index in [-0.39, 0.29) is 0 Å². The summed E-state index contributed by atoms with van der Waals surface area (Å²) < 4.78 is 0. The highest BCUT2D eigenvalue weighted by Crippen LogP contribution is 2.03. The predicted octanol–water partition coefficient (Wildman–Crippen LogP) is 2.21. The van der Waals surface area contributed by atoms with E-state index < -0.39 is 0 Å².